The molecule has 1 aromatic carbocycles. The number of ether oxygens (including phenoxy) is 1. The topological polar surface area (TPSA) is 49.7 Å². The van der Waals surface area contributed by atoms with Crippen molar-refractivity contribution in [2.24, 2.45) is 5.92 Å². The first-order valence-electron chi connectivity index (χ1n) is 5.73. The molecule has 3 atom stereocenters. The van der Waals surface area contributed by atoms with Gasteiger partial charge in [-0.15, -0.1) is 0 Å². The average molecular weight is 222 g/mol. The van der Waals surface area contributed by atoms with Crippen LogP contribution in [0.3, 0.4) is 0 Å². The summed E-state index contributed by atoms with van der Waals surface area (Å²) in [4.78, 5) is 0. The van der Waals surface area contributed by atoms with Gasteiger partial charge in [0, 0.05) is 0 Å². The third-order valence-electron chi connectivity index (χ3n) is 3.06. The molecular weight excluding hydrogens is 204 g/mol. The van der Waals surface area contributed by atoms with Crippen LogP contribution in [0.25, 0.3) is 0 Å². The summed E-state index contributed by atoms with van der Waals surface area (Å²) >= 11 is 0. The Morgan fingerprint density at radius 2 is 1.69 bits per heavy atom. The van der Waals surface area contributed by atoms with E-state index in [1.54, 1.807) is 0 Å². The summed E-state index contributed by atoms with van der Waals surface area (Å²) in [5.41, 5.74) is 1.15. The van der Waals surface area contributed by atoms with Gasteiger partial charge in [-0.3, -0.25) is 0 Å². The normalized spacial score (nSPS) is 29.5. The van der Waals surface area contributed by atoms with Crippen LogP contribution in [-0.2, 0) is 11.3 Å². The summed E-state index contributed by atoms with van der Waals surface area (Å²) in [6.07, 6.45) is 0.169. The molecule has 2 rings (SSSR count). The molecule has 2 N–H and O–H groups in total. The van der Waals surface area contributed by atoms with Crippen molar-refractivity contribution in [1.82, 2.24) is 0 Å². The maximum Gasteiger partial charge on any atom is 0.0802 e. The number of aliphatic hydroxyl groups is 2. The van der Waals surface area contributed by atoms with Crippen LogP contribution in [0.15, 0.2) is 30.3 Å². The Morgan fingerprint density at radius 1 is 1.06 bits per heavy atom. The fourth-order valence-corrected chi connectivity index (χ4v) is 2.15. The Labute approximate surface area is 95.7 Å². The van der Waals surface area contributed by atoms with Crippen molar-refractivity contribution in [2.45, 2.75) is 31.7 Å². The van der Waals surface area contributed by atoms with E-state index < -0.39 is 12.2 Å². The minimum Gasteiger partial charge on any atom is -0.390 e. The lowest BCUT2D eigenvalue weighted by Crippen LogP contribution is -2.17. The van der Waals surface area contributed by atoms with Gasteiger partial charge < -0.3 is 14.9 Å². The van der Waals surface area contributed by atoms with Crippen LogP contribution >= 0.6 is 0 Å². The number of rotatable bonds is 4. The highest BCUT2D eigenvalue weighted by Crippen LogP contribution is 2.26. The van der Waals surface area contributed by atoms with Crippen molar-refractivity contribution in [3.8, 4) is 0 Å². The Morgan fingerprint density at radius 3 is 2.31 bits per heavy atom. The van der Waals surface area contributed by atoms with Crippen molar-refractivity contribution >= 4 is 0 Å². The fraction of sp³-hybridized carbons (Fsp3) is 0.538. The Kier molecular flexibility index (Phi) is 3.93. The van der Waals surface area contributed by atoms with Crippen molar-refractivity contribution in [1.29, 1.82) is 0 Å². The lowest BCUT2D eigenvalue weighted by Gasteiger charge is -2.09. The molecule has 1 aliphatic rings. The van der Waals surface area contributed by atoms with Gasteiger partial charge >= 0.3 is 0 Å². The molecule has 16 heavy (non-hydrogen) atoms. The van der Waals surface area contributed by atoms with Gasteiger partial charge in [0.05, 0.1) is 25.4 Å². The molecule has 88 valence electrons. The number of aliphatic hydroxyl groups excluding tert-OH is 2. The van der Waals surface area contributed by atoms with E-state index in [2.05, 4.69) is 0 Å². The van der Waals surface area contributed by atoms with E-state index in [1.807, 2.05) is 30.3 Å². The van der Waals surface area contributed by atoms with E-state index in [1.165, 1.54) is 0 Å². The summed E-state index contributed by atoms with van der Waals surface area (Å²) in [6, 6.07) is 10.0. The molecule has 3 nitrogen and oxygen atoms in total. The van der Waals surface area contributed by atoms with Crippen LogP contribution in [0, 0.1) is 5.92 Å². The molecule has 2 unspecified atom stereocenters. The number of hydrogen-bond donors (Lipinski definition) is 2. The van der Waals surface area contributed by atoms with Gasteiger partial charge in [0.15, 0.2) is 0 Å². The number of benzene rings is 1. The molecule has 0 heterocycles. The van der Waals surface area contributed by atoms with Crippen LogP contribution in [-0.4, -0.2) is 29.0 Å². The Hall–Kier alpha value is -0.900. The Bertz CT molecular complexity index is 302. The van der Waals surface area contributed by atoms with Gasteiger partial charge in [-0.2, -0.15) is 0 Å². The molecule has 1 aliphatic carbocycles. The van der Waals surface area contributed by atoms with Crippen molar-refractivity contribution in [2.75, 3.05) is 6.61 Å². The predicted molar refractivity (Wildman–Crippen MR) is 60.8 cm³/mol. The molecule has 0 bridgehead atoms. The monoisotopic (exact) mass is 222 g/mol. The van der Waals surface area contributed by atoms with Gasteiger partial charge in [0.2, 0.25) is 0 Å². The number of hydrogen-bond acceptors (Lipinski definition) is 3. The second-order valence-electron chi connectivity index (χ2n) is 4.47. The molecule has 1 fully saturated rings. The molecule has 0 aliphatic heterocycles. The van der Waals surface area contributed by atoms with E-state index in [0.717, 1.165) is 5.56 Å². The molecular formula is C13H18O3. The second kappa shape index (κ2) is 5.43. The zero-order valence-corrected chi connectivity index (χ0v) is 9.25. The molecule has 3 heteroatoms. The zero-order chi connectivity index (χ0) is 11.4. The first-order chi connectivity index (χ1) is 7.75. The van der Waals surface area contributed by atoms with Crippen molar-refractivity contribution < 1.29 is 14.9 Å². The van der Waals surface area contributed by atoms with E-state index >= 15 is 0 Å². The van der Waals surface area contributed by atoms with E-state index in [4.69, 9.17) is 4.74 Å². The minimum atomic E-state index is -0.565. The maximum atomic E-state index is 9.38. The smallest absolute Gasteiger partial charge is 0.0802 e. The van der Waals surface area contributed by atoms with Crippen molar-refractivity contribution in [3.63, 3.8) is 0 Å². The predicted octanol–water partition coefficient (Wildman–Crippen LogP) is 1.33. The molecule has 1 saturated carbocycles. The minimum absolute atomic E-state index is 0.286. The van der Waals surface area contributed by atoms with Crippen LogP contribution in [0.5, 0.6) is 0 Å². The van der Waals surface area contributed by atoms with Crippen LogP contribution in [0.2, 0.25) is 0 Å². The molecule has 0 aromatic heterocycles. The van der Waals surface area contributed by atoms with E-state index in [0.29, 0.717) is 26.1 Å². The fourth-order valence-electron chi connectivity index (χ4n) is 2.15. The van der Waals surface area contributed by atoms with Gasteiger partial charge in [-0.05, 0) is 24.3 Å². The largest absolute Gasteiger partial charge is 0.390 e. The average Bonchev–Trinajstić information content (AvgIpc) is 2.60. The highest BCUT2D eigenvalue weighted by molar-refractivity contribution is 5.13. The molecule has 0 amide bonds. The SMILES string of the molecule is OC1CC(COCc2ccccc2)C[C@H]1O. The first kappa shape index (κ1) is 11.6. The summed E-state index contributed by atoms with van der Waals surface area (Å²) in [5, 5.41) is 18.8. The van der Waals surface area contributed by atoms with Gasteiger partial charge in [0.1, 0.15) is 0 Å². The van der Waals surface area contributed by atoms with Gasteiger partial charge in [-0.25, -0.2) is 0 Å². The lowest BCUT2D eigenvalue weighted by atomic mass is 10.1. The van der Waals surface area contributed by atoms with Crippen LogP contribution < -0.4 is 0 Å². The molecule has 0 spiro atoms. The van der Waals surface area contributed by atoms with Gasteiger partial charge in [-0.1, -0.05) is 30.3 Å². The highest BCUT2D eigenvalue weighted by Gasteiger charge is 2.31. The quantitative estimate of drug-likeness (QED) is 0.808. The summed E-state index contributed by atoms with van der Waals surface area (Å²) in [7, 11) is 0. The standard InChI is InChI=1S/C13H18O3/c14-12-6-11(7-13(12)15)9-16-8-10-4-2-1-3-5-10/h1-5,11-15H,6-9H2/t11?,12-,13?/m1/s1. The highest BCUT2D eigenvalue weighted by atomic mass is 16.5. The maximum absolute atomic E-state index is 9.38. The van der Waals surface area contributed by atoms with E-state index in [-0.39, 0.29) is 5.92 Å². The summed E-state index contributed by atoms with van der Waals surface area (Å²) in [5.74, 6) is 0.286. The third-order valence-corrected chi connectivity index (χ3v) is 3.06. The summed E-state index contributed by atoms with van der Waals surface area (Å²) in [6.45, 7) is 1.21. The lowest BCUT2D eigenvalue weighted by molar-refractivity contribution is 0.0438. The van der Waals surface area contributed by atoms with Crippen molar-refractivity contribution in [3.05, 3.63) is 35.9 Å². The van der Waals surface area contributed by atoms with Crippen LogP contribution in [0.4, 0.5) is 0 Å². The van der Waals surface area contributed by atoms with Gasteiger partial charge in [0.25, 0.3) is 0 Å². The Balaban J connectivity index is 1.69. The first-order valence-corrected chi connectivity index (χ1v) is 5.73. The van der Waals surface area contributed by atoms with Crippen LogP contribution in [0.1, 0.15) is 18.4 Å². The third kappa shape index (κ3) is 3.04. The summed E-state index contributed by atoms with van der Waals surface area (Å²) < 4.78 is 5.58. The molecule has 1 aromatic rings. The van der Waals surface area contributed by atoms with E-state index in [9.17, 15) is 10.2 Å². The second-order valence-corrected chi connectivity index (χ2v) is 4.47. The molecule has 0 radical (unpaired) electrons. The molecule has 0 saturated heterocycles. The zero-order valence-electron chi connectivity index (χ0n) is 9.25.